The molecule has 2 N–H and O–H groups in total. The van der Waals surface area contributed by atoms with E-state index in [1.54, 1.807) is 12.2 Å². The summed E-state index contributed by atoms with van der Waals surface area (Å²) in [5.74, 6) is -0.948. The second-order valence-electron chi connectivity index (χ2n) is 12.0. The molecule has 1 fully saturated rings. The van der Waals surface area contributed by atoms with Gasteiger partial charge in [0.2, 0.25) is 5.91 Å². The molecular weight excluding hydrogens is 686 g/mol. The topological polar surface area (TPSA) is 225 Å². The molecule has 1 aromatic carbocycles. The highest BCUT2D eigenvalue weighted by molar-refractivity contribution is 5.75. The van der Waals surface area contributed by atoms with E-state index in [0.29, 0.717) is 57.9 Å². The van der Waals surface area contributed by atoms with Crippen molar-refractivity contribution in [2.45, 2.75) is 95.9 Å². The number of nitrogens with one attached hydrogen (secondary N) is 1. The number of unbranched alkanes of at least 4 members (excludes halogenated alkanes) is 3. The Balaban J connectivity index is 2.15. The first-order valence-corrected chi connectivity index (χ1v) is 17.6. The number of hydrogen-bond acceptors (Lipinski definition) is 14. The normalized spacial score (nSPS) is 18.8. The van der Waals surface area contributed by atoms with E-state index < -0.39 is 52.6 Å². The standard InChI is InChI=1S/C35H51N3O14/c1-2-36-33(40)17-9-4-3-8-16-29-30(21-20-28(39)19-18-27-14-6-5-7-15-27)32(52-35(42)48-23-11-13-25-50-38(45)46)26-31(29)51-34(41)47-22-10-12-24-49-37(43)44/h3,5-8,14-15,20-21,28-32,39H,2,4,9-13,16-19,22-26H2,1H3,(H,36,40)/b8-3-,21-20+/t28-,29+,30+,31-,32+/m0/s1. The van der Waals surface area contributed by atoms with Gasteiger partial charge in [-0.15, -0.1) is 20.2 Å². The molecule has 1 aliphatic carbocycles. The first-order chi connectivity index (χ1) is 25.1. The van der Waals surface area contributed by atoms with E-state index in [-0.39, 0.29) is 51.6 Å². The van der Waals surface area contributed by atoms with Crippen LogP contribution in [0, 0.1) is 32.1 Å². The van der Waals surface area contributed by atoms with Crippen LogP contribution in [0.15, 0.2) is 54.6 Å². The fourth-order valence-corrected chi connectivity index (χ4v) is 5.58. The fourth-order valence-electron chi connectivity index (χ4n) is 5.58. The van der Waals surface area contributed by atoms with Crippen molar-refractivity contribution in [1.29, 1.82) is 0 Å². The summed E-state index contributed by atoms with van der Waals surface area (Å²) in [6.45, 7) is 2.01. The first-order valence-electron chi connectivity index (χ1n) is 17.6. The van der Waals surface area contributed by atoms with Gasteiger partial charge >= 0.3 is 12.3 Å². The minimum Gasteiger partial charge on any atom is -0.434 e. The summed E-state index contributed by atoms with van der Waals surface area (Å²) >= 11 is 0. The molecule has 1 saturated carbocycles. The van der Waals surface area contributed by atoms with Crippen molar-refractivity contribution in [3.63, 3.8) is 0 Å². The summed E-state index contributed by atoms with van der Waals surface area (Å²) in [4.78, 5) is 66.4. The van der Waals surface area contributed by atoms with Crippen molar-refractivity contribution in [2.75, 3.05) is 33.0 Å². The summed E-state index contributed by atoms with van der Waals surface area (Å²) in [7, 11) is 0. The van der Waals surface area contributed by atoms with E-state index in [2.05, 4.69) is 15.0 Å². The van der Waals surface area contributed by atoms with Crippen LogP contribution < -0.4 is 5.32 Å². The van der Waals surface area contributed by atoms with E-state index in [9.17, 15) is 39.7 Å². The van der Waals surface area contributed by atoms with Gasteiger partial charge in [0.15, 0.2) is 0 Å². The predicted molar refractivity (Wildman–Crippen MR) is 185 cm³/mol. The van der Waals surface area contributed by atoms with Gasteiger partial charge in [-0.3, -0.25) is 4.79 Å². The lowest BCUT2D eigenvalue weighted by molar-refractivity contribution is -0.757. The zero-order valence-corrected chi connectivity index (χ0v) is 29.5. The second-order valence-corrected chi connectivity index (χ2v) is 12.0. The van der Waals surface area contributed by atoms with Crippen LogP contribution in [0.1, 0.15) is 76.7 Å². The third-order valence-corrected chi connectivity index (χ3v) is 8.12. The average Bonchev–Trinajstić information content (AvgIpc) is 3.41. The molecule has 2 rings (SSSR count). The molecule has 1 aromatic rings. The zero-order valence-electron chi connectivity index (χ0n) is 29.5. The van der Waals surface area contributed by atoms with E-state index in [1.807, 2.05) is 49.4 Å². The van der Waals surface area contributed by atoms with Crippen LogP contribution >= 0.6 is 0 Å². The molecule has 0 heterocycles. The Morgan fingerprint density at radius 3 is 2.08 bits per heavy atom. The lowest BCUT2D eigenvalue weighted by Crippen LogP contribution is -2.26. The summed E-state index contributed by atoms with van der Waals surface area (Å²) < 4.78 is 21.8. The van der Waals surface area contributed by atoms with Crippen LogP contribution in [-0.4, -0.2) is 84.8 Å². The highest BCUT2D eigenvalue weighted by Gasteiger charge is 2.46. The molecule has 290 valence electrons. The van der Waals surface area contributed by atoms with Crippen LogP contribution in [0.5, 0.6) is 0 Å². The van der Waals surface area contributed by atoms with E-state index >= 15 is 0 Å². The molecule has 0 aromatic heterocycles. The quantitative estimate of drug-likeness (QED) is 0.0397. The van der Waals surface area contributed by atoms with Crippen LogP contribution in [0.25, 0.3) is 0 Å². The molecule has 0 spiro atoms. The molecular formula is C35H51N3O14. The smallest absolute Gasteiger partial charge is 0.434 e. The number of carbonyl (C=O) groups excluding carboxylic acids is 3. The number of rotatable bonds is 26. The summed E-state index contributed by atoms with van der Waals surface area (Å²) in [6, 6.07) is 9.70. The SMILES string of the molecule is CCNC(=O)CCC/C=C\C[C@@H]1[C@@H](/C=C/[C@@H](O)CCc2ccccc2)[C@H](OC(=O)OCCCCO[N+](=O)[O-])C[C@@H]1OC(=O)OCCCCO[N+](=O)[O-]. The Labute approximate surface area is 302 Å². The van der Waals surface area contributed by atoms with Crippen molar-refractivity contribution < 1.29 is 58.3 Å². The number of amides is 1. The van der Waals surface area contributed by atoms with Crippen molar-refractivity contribution in [3.05, 3.63) is 80.4 Å². The summed E-state index contributed by atoms with van der Waals surface area (Å²) in [6.07, 6.45) is 7.33. The maximum Gasteiger partial charge on any atom is 0.508 e. The third-order valence-electron chi connectivity index (χ3n) is 8.12. The summed E-state index contributed by atoms with van der Waals surface area (Å²) in [5, 5.41) is 32.4. The molecule has 0 bridgehead atoms. The Morgan fingerprint density at radius 1 is 0.885 bits per heavy atom. The molecule has 0 unspecified atom stereocenters. The van der Waals surface area contributed by atoms with Gasteiger partial charge in [0.1, 0.15) is 12.2 Å². The number of ether oxygens (including phenoxy) is 4. The van der Waals surface area contributed by atoms with Crippen molar-refractivity contribution in [1.82, 2.24) is 5.32 Å². The number of carbonyl (C=O) groups is 3. The Morgan fingerprint density at radius 2 is 1.48 bits per heavy atom. The maximum atomic E-state index is 12.7. The van der Waals surface area contributed by atoms with Gasteiger partial charge in [0, 0.05) is 31.2 Å². The van der Waals surface area contributed by atoms with Gasteiger partial charge in [-0.1, -0.05) is 54.6 Å². The molecule has 0 saturated heterocycles. The van der Waals surface area contributed by atoms with Crippen LogP contribution in [0.3, 0.4) is 0 Å². The minimum atomic E-state index is -0.969. The number of nitrogens with zero attached hydrogens (tertiary/aromatic N) is 2. The number of aryl methyl sites for hydroxylation is 1. The molecule has 1 amide bonds. The molecule has 5 atom stereocenters. The predicted octanol–water partition coefficient (Wildman–Crippen LogP) is 5.45. The van der Waals surface area contributed by atoms with E-state index in [0.717, 1.165) is 5.56 Å². The van der Waals surface area contributed by atoms with Crippen LogP contribution in [0.4, 0.5) is 9.59 Å². The first kappa shape index (κ1) is 43.2. The van der Waals surface area contributed by atoms with Crippen LogP contribution in [0.2, 0.25) is 0 Å². The summed E-state index contributed by atoms with van der Waals surface area (Å²) in [5.41, 5.74) is 1.07. The molecule has 17 heteroatoms. The van der Waals surface area contributed by atoms with Crippen molar-refractivity contribution in [2.24, 2.45) is 11.8 Å². The van der Waals surface area contributed by atoms with Gasteiger partial charge in [-0.2, -0.15) is 0 Å². The average molecular weight is 738 g/mol. The van der Waals surface area contributed by atoms with Gasteiger partial charge in [-0.05, 0) is 70.3 Å². The van der Waals surface area contributed by atoms with E-state index in [1.165, 1.54) is 0 Å². The highest BCUT2D eigenvalue weighted by atomic mass is 17.0. The highest BCUT2D eigenvalue weighted by Crippen LogP contribution is 2.40. The molecule has 0 radical (unpaired) electrons. The van der Waals surface area contributed by atoms with Crippen LogP contribution in [-0.2, 0) is 39.8 Å². The number of benzene rings is 1. The number of hydrogen-bond donors (Lipinski definition) is 2. The maximum absolute atomic E-state index is 12.7. The number of aliphatic hydroxyl groups is 1. The van der Waals surface area contributed by atoms with Gasteiger partial charge in [0.25, 0.3) is 10.2 Å². The molecule has 1 aliphatic rings. The lowest BCUT2D eigenvalue weighted by atomic mass is 9.89. The molecule has 52 heavy (non-hydrogen) atoms. The zero-order chi connectivity index (χ0) is 38.0. The number of aliphatic hydroxyl groups excluding tert-OH is 1. The van der Waals surface area contributed by atoms with Crippen molar-refractivity contribution in [3.8, 4) is 0 Å². The second kappa shape index (κ2) is 25.9. The monoisotopic (exact) mass is 737 g/mol. The lowest BCUT2D eigenvalue weighted by Gasteiger charge is -2.23. The third kappa shape index (κ3) is 19.5. The largest absolute Gasteiger partial charge is 0.508 e. The Hall–Kier alpha value is -4.93. The van der Waals surface area contributed by atoms with Gasteiger partial charge in [-0.25, -0.2) is 9.59 Å². The van der Waals surface area contributed by atoms with E-state index in [4.69, 9.17) is 18.9 Å². The number of allylic oxidation sites excluding steroid dienone is 2. The Kier molecular flexibility index (Phi) is 21.6. The fraction of sp³-hybridized carbons (Fsp3) is 0.629. The molecule has 17 nitrogen and oxygen atoms in total. The van der Waals surface area contributed by atoms with Gasteiger partial charge < -0.3 is 39.0 Å². The van der Waals surface area contributed by atoms with Crippen molar-refractivity contribution >= 4 is 18.2 Å². The Bertz CT molecular complexity index is 1280. The minimum absolute atomic E-state index is 0.0308. The molecule has 0 aliphatic heterocycles. The van der Waals surface area contributed by atoms with Gasteiger partial charge in [0.05, 0.1) is 32.5 Å².